The molecule has 0 aromatic carbocycles. The third-order valence-corrected chi connectivity index (χ3v) is 3.77. The van der Waals surface area contributed by atoms with Crippen LogP contribution in [0.25, 0.3) is 0 Å². The largest absolute Gasteiger partial charge is 0.363 e. The van der Waals surface area contributed by atoms with Crippen molar-refractivity contribution in [2.75, 3.05) is 6.54 Å². The number of thiocarbonyl (C=S) groups is 1. The molecule has 0 radical (unpaired) electrons. The first-order chi connectivity index (χ1) is 7.77. The van der Waals surface area contributed by atoms with Crippen molar-refractivity contribution in [1.82, 2.24) is 10.6 Å². The van der Waals surface area contributed by atoms with E-state index in [9.17, 15) is 0 Å². The summed E-state index contributed by atoms with van der Waals surface area (Å²) in [5.41, 5.74) is 0. The van der Waals surface area contributed by atoms with Crippen molar-refractivity contribution in [1.29, 1.82) is 0 Å². The van der Waals surface area contributed by atoms with Crippen LogP contribution in [-0.4, -0.2) is 17.7 Å². The Labute approximate surface area is 106 Å². The molecule has 0 aromatic heterocycles. The fraction of sp³-hybridized carbons (Fsp3) is 0.923. The lowest BCUT2D eigenvalue weighted by molar-refractivity contribution is 0.283. The van der Waals surface area contributed by atoms with Crippen molar-refractivity contribution in [2.45, 2.75) is 64.8 Å². The Morgan fingerprint density at radius 2 is 1.94 bits per heavy atom. The summed E-state index contributed by atoms with van der Waals surface area (Å²) in [6.07, 6.45) is 9.28. The summed E-state index contributed by atoms with van der Waals surface area (Å²) in [6.45, 7) is 5.40. The molecule has 0 aliphatic heterocycles. The summed E-state index contributed by atoms with van der Waals surface area (Å²) in [5, 5.41) is 7.59. The lowest BCUT2D eigenvalue weighted by atomic mass is 9.83. The van der Waals surface area contributed by atoms with Crippen molar-refractivity contribution < 1.29 is 0 Å². The van der Waals surface area contributed by atoms with Gasteiger partial charge >= 0.3 is 0 Å². The van der Waals surface area contributed by atoms with Crippen LogP contribution in [0.15, 0.2) is 0 Å². The van der Waals surface area contributed by atoms with Crippen LogP contribution in [0.3, 0.4) is 0 Å². The molecule has 0 spiro atoms. The minimum atomic E-state index is 0.581. The number of hydrogen-bond acceptors (Lipinski definition) is 1. The zero-order valence-electron chi connectivity index (χ0n) is 10.7. The average Bonchev–Trinajstić information content (AvgIpc) is 2.34. The Morgan fingerprint density at radius 1 is 1.25 bits per heavy atom. The maximum absolute atomic E-state index is 5.31. The maximum atomic E-state index is 5.31. The second kappa shape index (κ2) is 7.88. The van der Waals surface area contributed by atoms with Crippen LogP contribution in [0.4, 0.5) is 0 Å². The second-order valence-electron chi connectivity index (χ2n) is 4.81. The van der Waals surface area contributed by atoms with Crippen LogP contribution in [0.2, 0.25) is 0 Å². The molecule has 1 rings (SSSR count). The molecule has 1 atom stereocenters. The molecule has 94 valence electrons. The van der Waals surface area contributed by atoms with E-state index in [-0.39, 0.29) is 0 Å². The third-order valence-electron chi connectivity index (χ3n) is 3.51. The first kappa shape index (κ1) is 13.8. The van der Waals surface area contributed by atoms with Gasteiger partial charge in [0.05, 0.1) is 0 Å². The van der Waals surface area contributed by atoms with Crippen LogP contribution < -0.4 is 10.6 Å². The molecule has 2 N–H and O–H groups in total. The van der Waals surface area contributed by atoms with Crippen LogP contribution in [0.5, 0.6) is 0 Å². The van der Waals surface area contributed by atoms with Gasteiger partial charge in [-0.2, -0.15) is 0 Å². The van der Waals surface area contributed by atoms with E-state index in [2.05, 4.69) is 24.5 Å². The summed E-state index contributed by atoms with van der Waals surface area (Å²) < 4.78 is 0. The van der Waals surface area contributed by atoms with Gasteiger partial charge in [0.2, 0.25) is 0 Å². The van der Waals surface area contributed by atoms with Crippen molar-refractivity contribution in [3.8, 4) is 0 Å². The minimum absolute atomic E-state index is 0.581. The van der Waals surface area contributed by atoms with E-state index in [1.807, 2.05) is 0 Å². The van der Waals surface area contributed by atoms with Gasteiger partial charge in [-0.3, -0.25) is 0 Å². The summed E-state index contributed by atoms with van der Waals surface area (Å²) in [7, 11) is 0. The summed E-state index contributed by atoms with van der Waals surface area (Å²) in [4.78, 5) is 0. The molecule has 1 saturated carbocycles. The third kappa shape index (κ3) is 4.69. The number of rotatable bonds is 5. The topological polar surface area (TPSA) is 24.1 Å². The predicted molar refractivity (Wildman–Crippen MR) is 74.7 cm³/mol. The minimum Gasteiger partial charge on any atom is -0.363 e. The molecular formula is C13H26N2S. The number of nitrogens with one attached hydrogen (secondary N) is 2. The van der Waals surface area contributed by atoms with Gasteiger partial charge in [-0.05, 0) is 43.8 Å². The molecule has 1 fully saturated rings. The van der Waals surface area contributed by atoms with E-state index < -0.39 is 0 Å². The lowest BCUT2D eigenvalue weighted by Gasteiger charge is -2.31. The van der Waals surface area contributed by atoms with Gasteiger partial charge in [0, 0.05) is 12.6 Å². The second-order valence-corrected chi connectivity index (χ2v) is 5.22. The lowest BCUT2D eigenvalue weighted by Crippen LogP contribution is -2.45. The maximum Gasteiger partial charge on any atom is 0.166 e. The van der Waals surface area contributed by atoms with Crippen LogP contribution in [0, 0.1) is 5.92 Å². The van der Waals surface area contributed by atoms with Crippen LogP contribution in [-0.2, 0) is 0 Å². The van der Waals surface area contributed by atoms with Gasteiger partial charge < -0.3 is 10.6 Å². The Bertz CT molecular complexity index is 200. The normalized spacial score (nSPS) is 19.1. The number of hydrogen-bond donors (Lipinski definition) is 2. The molecule has 0 heterocycles. The molecule has 0 bridgehead atoms. The highest BCUT2D eigenvalue weighted by molar-refractivity contribution is 7.80. The first-order valence-corrected chi connectivity index (χ1v) is 7.23. The zero-order chi connectivity index (χ0) is 11.8. The van der Waals surface area contributed by atoms with E-state index in [4.69, 9.17) is 12.2 Å². The molecular weight excluding hydrogens is 216 g/mol. The SMILES string of the molecule is CCCNC(=S)NC(CC)C1CCCCC1. The summed E-state index contributed by atoms with van der Waals surface area (Å²) in [6, 6.07) is 0.581. The molecule has 0 saturated heterocycles. The van der Waals surface area contributed by atoms with Gasteiger partial charge in [-0.25, -0.2) is 0 Å². The van der Waals surface area contributed by atoms with Gasteiger partial charge in [0.1, 0.15) is 0 Å². The summed E-state index contributed by atoms with van der Waals surface area (Å²) >= 11 is 5.31. The Balaban J connectivity index is 2.32. The van der Waals surface area contributed by atoms with Crippen molar-refractivity contribution in [3.63, 3.8) is 0 Å². The molecule has 1 unspecified atom stereocenters. The standard InChI is InChI=1S/C13H26N2S/c1-3-10-14-13(16)15-12(4-2)11-8-6-5-7-9-11/h11-12H,3-10H2,1-2H3,(H2,14,15,16). The van der Waals surface area contributed by atoms with Gasteiger partial charge in [0.15, 0.2) is 5.11 Å². The van der Waals surface area contributed by atoms with E-state index in [1.54, 1.807) is 0 Å². The molecule has 2 nitrogen and oxygen atoms in total. The fourth-order valence-electron chi connectivity index (χ4n) is 2.55. The zero-order valence-corrected chi connectivity index (χ0v) is 11.5. The molecule has 16 heavy (non-hydrogen) atoms. The quantitative estimate of drug-likeness (QED) is 0.724. The van der Waals surface area contributed by atoms with Crippen LogP contribution >= 0.6 is 12.2 Å². The molecule has 0 amide bonds. The molecule has 1 aliphatic carbocycles. The Hall–Kier alpha value is -0.310. The van der Waals surface area contributed by atoms with Gasteiger partial charge in [0.25, 0.3) is 0 Å². The monoisotopic (exact) mass is 242 g/mol. The highest BCUT2D eigenvalue weighted by atomic mass is 32.1. The molecule has 0 aromatic rings. The smallest absolute Gasteiger partial charge is 0.166 e. The Kier molecular flexibility index (Phi) is 6.78. The van der Waals surface area contributed by atoms with E-state index in [1.165, 1.54) is 38.5 Å². The van der Waals surface area contributed by atoms with Gasteiger partial charge in [-0.1, -0.05) is 33.1 Å². The van der Waals surface area contributed by atoms with Crippen molar-refractivity contribution in [2.24, 2.45) is 5.92 Å². The van der Waals surface area contributed by atoms with Crippen LogP contribution in [0.1, 0.15) is 58.8 Å². The van der Waals surface area contributed by atoms with Crippen molar-refractivity contribution in [3.05, 3.63) is 0 Å². The average molecular weight is 242 g/mol. The van der Waals surface area contributed by atoms with E-state index in [0.29, 0.717) is 6.04 Å². The highest BCUT2D eigenvalue weighted by Crippen LogP contribution is 2.27. The fourth-order valence-corrected chi connectivity index (χ4v) is 2.80. The van der Waals surface area contributed by atoms with Gasteiger partial charge in [-0.15, -0.1) is 0 Å². The first-order valence-electron chi connectivity index (χ1n) is 6.82. The predicted octanol–water partition coefficient (Wildman–Crippen LogP) is 3.22. The van der Waals surface area contributed by atoms with E-state index >= 15 is 0 Å². The molecule has 3 heteroatoms. The van der Waals surface area contributed by atoms with Crippen molar-refractivity contribution >= 4 is 17.3 Å². The highest BCUT2D eigenvalue weighted by Gasteiger charge is 2.22. The molecule has 1 aliphatic rings. The van der Waals surface area contributed by atoms with E-state index in [0.717, 1.165) is 24.0 Å². The summed E-state index contributed by atoms with van der Waals surface area (Å²) in [5.74, 6) is 0.833. The Morgan fingerprint density at radius 3 is 2.50 bits per heavy atom.